The molecule has 1 radical (unpaired) electrons. The van der Waals surface area contributed by atoms with Crippen molar-refractivity contribution >= 4 is 35.2 Å². The van der Waals surface area contributed by atoms with Crippen molar-refractivity contribution in [2.75, 3.05) is 0 Å². The van der Waals surface area contributed by atoms with E-state index >= 15 is 0 Å². The molecule has 0 spiro atoms. The van der Waals surface area contributed by atoms with Crippen LogP contribution < -0.4 is 5.19 Å². The minimum Gasteiger partial charge on any atom is -0.501 e. The van der Waals surface area contributed by atoms with Crippen LogP contribution in [0.3, 0.4) is 0 Å². The maximum atomic E-state index is 6.27. The second-order valence-electron chi connectivity index (χ2n) is 13.3. The molecule has 0 N–H and O–H groups in total. The van der Waals surface area contributed by atoms with E-state index in [0.29, 0.717) is 5.92 Å². The first-order valence-corrected chi connectivity index (χ1v) is 19.5. The van der Waals surface area contributed by atoms with Crippen LogP contribution in [0.25, 0.3) is 55.6 Å². The molecule has 4 aromatic carbocycles. The largest absolute Gasteiger partial charge is 0.501 e. The van der Waals surface area contributed by atoms with Crippen LogP contribution in [0.15, 0.2) is 120 Å². The fraction of sp³-hybridized carbons (Fsp3) is 0.190. The molecule has 3 heterocycles. The van der Waals surface area contributed by atoms with Gasteiger partial charge in [0, 0.05) is 37.9 Å². The van der Waals surface area contributed by atoms with Crippen molar-refractivity contribution in [2.45, 2.75) is 46.8 Å². The molecule has 0 aliphatic rings. The van der Waals surface area contributed by atoms with E-state index in [9.17, 15) is 0 Å². The van der Waals surface area contributed by atoms with Gasteiger partial charge in [-0.25, -0.2) is 0 Å². The number of hydrogen-bond donors (Lipinski definition) is 0. The Labute approximate surface area is 293 Å². The zero-order valence-corrected chi connectivity index (χ0v) is 31.3. The van der Waals surface area contributed by atoms with Gasteiger partial charge in [-0.3, -0.25) is 0 Å². The molecular formula is C42H40IrN2OSi-2. The summed E-state index contributed by atoms with van der Waals surface area (Å²) in [5.41, 5.74) is 10.6. The number of aryl methyl sites for hydroxylation is 1. The second kappa shape index (κ2) is 14.7. The fourth-order valence-electron chi connectivity index (χ4n) is 5.90. The standard InChI is InChI=1S/C24H16NO.C18H24NSi.Ir/c1-16-12-13-25-22(14-16)21-9-5-8-20-19-11-10-18(15-23(19)26-24(20)21)17-6-3-2-4-7-17;1-14(2)11-16-12-17(15-9-7-6-8-10-15)19-13-18(16)20(3,4)5;/h2-8,10-15H,1H3;6-9,12-14H,11H2,1-5H3;/q2*-1;. The van der Waals surface area contributed by atoms with Crippen LogP contribution >= 0.6 is 0 Å². The van der Waals surface area contributed by atoms with Crippen molar-refractivity contribution < 1.29 is 24.5 Å². The van der Waals surface area contributed by atoms with Crippen molar-refractivity contribution in [3.63, 3.8) is 0 Å². The Kier molecular flexibility index (Phi) is 10.7. The van der Waals surface area contributed by atoms with Gasteiger partial charge < -0.3 is 14.4 Å². The molecule has 0 aliphatic carbocycles. The topological polar surface area (TPSA) is 38.9 Å². The average Bonchev–Trinajstić information content (AvgIpc) is 3.43. The molecule has 7 rings (SSSR count). The van der Waals surface area contributed by atoms with Crippen LogP contribution in [0.2, 0.25) is 19.6 Å². The number of rotatable bonds is 6. The Bertz CT molecular complexity index is 2100. The summed E-state index contributed by atoms with van der Waals surface area (Å²) in [5, 5.41) is 3.70. The Morgan fingerprint density at radius 1 is 0.745 bits per heavy atom. The molecule has 0 fully saturated rings. The first-order valence-electron chi connectivity index (χ1n) is 16.0. The first kappa shape index (κ1) is 34.2. The molecule has 3 aromatic heterocycles. The van der Waals surface area contributed by atoms with Gasteiger partial charge in [0.05, 0.1) is 13.7 Å². The summed E-state index contributed by atoms with van der Waals surface area (Å²) >= 11 is 0. The van der Waals surface area contributed by atoms with Gasteiger partial charge in [-0.2, -0.15) is 0 Å². The molecule has 7 aromatic rings. The molecule has 0 aliphatic heterocycles. The number of furan rings is 1. The minimum atomic E-state index is -1.34. The van der Waals surface area contributed by atoms with Crippen molar-refractivity contribution in [1.82, 2.24) is 9.97 Å². The predicted molar refractivity (Wildman–Crippen MR) is 196 cm³/mol. The van der Waals surface area contributed by atoms with Crippen molar-refractivity contribution in [3.8, 4) is 33.6 Å². The van der Waals surface area contributed by atoms with Gasteiger partial charge in [0.25, 0.3) is 0 Å². The smallest absolute Gasteiger partial charge is 0.121 e. The Morgan fingerprint density at radius 3 is 2.23 bits per heavy atom. The second-order valence-corrected chi connectivity index (χ2v) is 18.4. The molecule has 0 saturated heterocycles. The van der Waals surface area contributed by atoms with E-state index in [1.165, 1.54) is 21.9 Å². The van der Waals surface area contributed by atoms with Gasteiger partial charge in [-0.05, 0) is 59.1 Å². The summed E-state index contributed by atoms with van der Waals surface area (Å²) in [4.78, 5) is 9.19. The van der Waals surface area contributed by atoms with E-state index in [2.05, 4.69) is 135 Å². The third-order valence-electron chi connectivity index (χ3n) is 8.12. The maximum Gasteiger partial charge on any atom is 0.121 e. The molecule has 5 heteroatoms. The Hall–Kier alpha value is -4.15. The zero-order chi connectivity index (χ0) is 32.3. The molecule has 0 amide bonds. The van der Waals surface area contributed by atoms with E-state index in [-0.39, 0.29) is 20.1 Å². The molecular weight excluding hydrogens is 769 g/mol. The maximum absolute atomic E-state index is 6.27. The van der Waals surface area contributed by atoms with Crippen LogP contribution in [0.4, 0.5) is 0 Å². The molecule has 0 unspecified atom stereocenters. The molecule has 0 atom stereocenters. The Balaban J connectivity index is 0.000000188. The zero-order valence-electron chi connectivity index (χ0n) is 27.9. The number of hydrogen-bond acceptors (Lipinski definition) is 3. The van der Waals surface area contributed by atoms with Crippen molar-refractivity contribution in [2.24, 2.45) is 5.92 Å². The molecule has 47 heavy (non-hydrogen) atoms. The van der Waals surface area contributed by atoms with E-state index in [4.69, 9.17) is 4.42 Å². The van der Waals surface area contributed by atoms with Gasteiger partial charge in [0.1, 0.15) is 5.58 Å². The van der Waals surface area contributed by atoms with Crippen LogP contribution in [0.5, 0.6) is 0 Å². The van der Waals surface area contributed by atoms with Crippen molar-refractivity contribution in [1.29, 1.82) is 0 Å². The van der Waals surface area contributed by atoms with Gasteiger partial charge in [-0.1, -0.05) is 110 Å². The number of pyridine rings is 2. The Morgan fingerprint density at radius 2 is 1.53 bits per heavy atom. The van der Waals surface area contributed by atoms with Crippen LogP contribution in [-0.4, -0.2) is 18.0 Å². The predicted octanol–water partition coefficient (Wildman–Crippen LogP) is 10.7. The average molecular weight is 809 g/mol. The molecule has 239 valence electrons. The summed E-state index contributed by atoms with van der Waals surface area (Å²) in [6, 6.07) is 41.7. The molecule has 0 bridgehead atoms. The van der Waals surface area contributed by atoms with Crippen molar-refractivity contribution in [3.05, 3.63) is 139 Å². The summed E-state index contributed by atoms with van der Waals surface area (Å²) < 4.78 is 6.27. The van der Waals surface area contributed by atoms with Crippen LogP contribution in [0.1, 0.15) is 25.0 Å². The summed E-state index contributed by atoms with van der Waals surface area (Å²) in [6.07, 6.45) is 5.07. The third-order valence-corrected chi connectivity index (χ3v) is 10.2. The summed E-state index contributed by atoms with van der Waals surface area (Å²) in [6.45, 7) is 13.8. The normalized spacial score (nSPS) is 11.3. The van der Waals surface area contributed by atoms with E-state index < -0.39 is 8.07 Å². The SMILES string of the molecule is CC(C)Cc1cc(-c2[c-]cccc2)ncc1[Si](C)(C)C.Cc1ccnc(-c2[c-]ccc3c2oc2cc(-c4ccccc4)ccc23)c1.[Ir]. The quantitative estimate of drug-likeness (QED) is 0.124. The first-order chi connectivity index (χ1) is 22.2. The van der Waals surface area contributed by atoms with Crippen LogP contribution in [-0.2, 0) is 26.5 Å². The van der Waals surface area contributed by atoms with Gasteiger partial charge in [0.15, 0.2) is 0 Å². The fourth-order valence-corrected chi connectivity index (χ4v) is 7.49. The number of benzene rings is 4. The monoisotopic (exact) mass is 809 g/mol. The summed E-state index contributed by atoms with van der Waals surface area (Å²) in [5.74, 6) is 0.667. The minimum absolute atomic E-state index is 0. The van der Waals surface area contributed by atoms with Gasteiger partial charge >= 0.3 is 0 Å². The van der Waals surface area contributed by atoms with E-state index in [1.54, 1.807) is 0 Å². The van der Waals surface area contributed by atoms with Gasteiger partial charge in [-0.15, -0.1) is 54.1 Å². The molecule has 0 saturated carbocycles. The third kappa shape index (κ3) is 7.88. The number of nitrogens with zero attached hydrogens (tertiary/aromatic N) is 2. The number of aromatic nitrogens is 2. The van der Waals surface area contributed by atoms with E-state index in [1.807, 2.05) is 42.6 Å². The number of fused-ring (bicyclic) bond motifs is 3. The van der Waals surface area contributed by atoms with E-state index in [0.717, 1.165) is 56.4 Å². The molecule has 3 nitrogen and oxygen atoms in total. The van der Waals surface area contributed by atoms with Crippen LogP contribution in [0, 0.1) is 25.0 Å². The van der Waals surface area contributed by atoms with Gasteiger partial charge in [0.2, 0.25) is 0 Å². The summed E-state index contributed by atoms with van der Waals surface area (Å²) in [7, 11) is -1.34.